The molecule has 0 aromatic heterocycles. The number of anilines is 1. The number of hydrogen-bond donors (Lipinski definition) is 2. The van der Waals surface area contributed by atoms with Gasteiger partial charge in [-0.2, -0.15) is 0 Å². The van der Waals surface area contributed by atoms with Gasteiger partial charge in [-0.1, -0.05) is 19.1 Å². The summed E-state index contributed by atoms with van der Waals surface area (Å²) < 4.78 is 4.71. The normalized spacial score (nSPS) is 32.2. The number of aliphatic hydroxyl groups is 1. The second kappa shape index (κ2) is 9.29. The van der Waals surface area contributed by atoms with Crippen LogP contribution in [0.2, 0.25) is 0 Å². The molecule has 8 heteroatoms. The quantitative estimate of drug-likeness (QED) is 0.444. The third kappa shape index (κ3) is 3.85. The molecule has 0 aliphatic carbocycles. The molecule has 1 aromatic carbocycles. The summed E-state index contributed by atoms with van der Waals surface area (Å²) in [6.45, 7) is 8.49. The van der Waals surface area contributed by atoms with E-state index in [1.807, 2.05) is 32.0 Å². The molecule has 7 nitrogen and oxygen atoms in total. The number of benzene rings is 1. The molecule has 1 spiro atoms. The van der Waals surface area contributed by atoms with Crippen LogP contribution in [-0.2, 0) is 19.1 Å². The van der Waals surface area contributed by atoms with Crippen molar-refractivity contribution in [1.29, 1.82) is 0 Å². The number of carbonyl (C=O) groups excluding carboxylic acids is 3. The zero-order valence-corrected chi connectivity index (χ0v) is 20.6. The van der Waals surface area contributed by atoms with E-state index in [-0.39, 0.29) is 42.2 Å². The smallest absolute Gasteiger partial charge is 0.310 e. The van der Waals surface area contributed by atoms with Crippen LogP contribution in [0.25, 0.3) is 0 Å². The first-order valence-electron chi connectivity index (χ1n) is 11.9. The summed E-state index contributed by atoms with van der Waals surface area (Å²) in [6.07, 6.45) is 1.94. The minimum absolute atomic E-state index is 0.0106. The van der Waals surface area contributed by atoms with E-state index in [1.165, 1.54) is 0 Å². The van der Waals surface area contributed by atoms with Gasteiger partial charge in [-0.15, -0.1) is 11.8 Å². The Bertz CT molecular complexity index is 953. The summed E-state index contributed by atoms with van der Waals surface area (Å²) in [4.78, 5) is 42.2. The third-order valence-corrected chi connectivity index (χ3v) is 9.59. The first-order valence-corrected chi connectivity index (χ1v) is 12.8. The van der Waals surface area contributed by atoms with Crippen molar-refractivity contribution in [2.24, 2.45) is 17.8 Å². The van der Waals surface area contributed by atoms with Gasteiger partial charge < -0.3 is 20.1 Å². The van der Waals surface area contributed by atoms with Gasteiger partial charge in [-0.25, -0.2) is 0 Å². The first-order chi connectivity index (χ1) is 15.8. The van der Waals surface area contributed by atoms with Crippen molar-refractivity contribution in [3.8, 4) is 0 Å². The Morgan fingerprint density at radius 3 is 2.76 bits per heavy atom. The molecule has 0 saturated carbocycles. The number of carbonyl (C=O) groups is 3. The summed E-state index contributed by atoms with van der Waals surface area (Å²) >= 11 is 1.65. The fourth-order valence-electron chi connectivity index (χ4n) is 6.03. The summed E-state index contributed by atoms with van der Waals surface area (Å²) in [5.74, 6) is -1.62. The number of unbranched alkanes of at least 4 members (excludes halogenated alkanes) is 1. The fourth-order valence-corrected chi connectivity index (χ4v) is 8.44. The highest BCUT2D eigenvalue weighted by atomic mass is 32.2. The van der Waals surface area contributed by atoms with Crippen LogP contribution >= 0.6 is 11.8 Å². The van der Waals surface area contributed by atoms with E-state index in [1.54, 1.807) is 23.6 Å². The van der Waals surface area contributed by atoms with Crippen molar-refractivity contribution in [1.82, 2.24) is 4.90 Å². The molecule has 4 rings (SSSR count). The topological polar surface area (TPSA) is 95.9 Å². The monoisotopic (exact) mass is 474 g/mol. The number of amides is 2. The highest BCUT2D eigenvalue weighted by molar-refractivity contribution is 8.02. The van der Waals surface area contributed by atoms with Gasteiger partial charge in [0, 0.05) is 24.1 Å². The molecule has 2 N–H and O–H groups in total. The van der Waals surface area contributed by atoms with E-state index in [0.29, 0.717) is 19.4 Å². The van der Waals surface area contributed by atoms with Crippen LogP contribution in [0.15, 0.2) is 18.2 Å². The lowest BCUT2D eigenvalue weighted by Gasteiger charge is -2.38. The summed E-state index contributed by atoms with van der Waals surface area (Å²) in [5.41, 5.74) is 2.75. The van der Waals surface area contributed by atoms with E-state index >= 15 is 0 Å². The number of thioether (sulfide) groups is 1. The van der Waals surface area contributed by atoms with Crippen molar-refractivity contribution in [3.63, 3.8) is 0 Å². The van der Waals surface area contributed by atoms with Gasteiger partial charge >= 0.3 is 5.97 Å². The Labute approximate surface area is 199 Å². The predicted molar refractivity (Wildman–Crippen MR) is 128 cm³/mol. The first kappa shape index (κ1) is 24.1. The molecule has 1 aromatic rings. The van der Waals surface area contributed by atoms with Crippen LogP contribution in [-0.4, -0.2) is 63.6 Å². The molecule has 3 unspecified atom stereocenters. The molecule has 3 fully saturated rings. The van der Waals surface area contributed by atoms with Gasteiger partial charge in [0.25, 0.3) is 0 Å². The van der Waals surface area contributed by atoms with Crippen LogP contribution in [0.5, 0.6) is 0 Å². The van der Waals surface area contributed by atoms with Crippen molar-refractivity contribution >= 4 is 35.2 Å². The number of nitrogens with zero attached hydrogens (tertiary/aromatic N) is 1. The molecule has 33 heavy (non-hydrogen) atoms. The molecule has 6 atom stereocenters. The number of fused-ring (bicyclic) bond motifs is 1. The maximum Gasteiger partial charge on any atom is 0.310 e. The van der Waals surface area contributed by atoms with Crippen LogP contribution in [0.4, 0.5) is 5.69 Å². The van der Waals surface area contributed by atoms with Crippen molar-refractivity contribution < 1.29 is 24.2 Å². The Hall–Kier alpha value is -2.06. The lowest BCUT2D eigenvalue weighted by molar-refractivity contribution is -0.154. The Kier molecular flexibility index (Phi) is 6.78. The van der Waals surface area contributed by atoms with Crippen molar-refractivity contribution in [3.05, 3.63) is 29.3 Å². The second-order valence-electron chi connectivity index (χ2n) is 9.57. The Balaban J connectivity index is 1.72. The van der Waals surface area contributed by atoms with Crippen molar-refractivity contribution in [2.75, 3.05) is 25.1 Å². The van der Waals surface area contributed by atoms with Crippen LogP contribution < -0.4 is 5.32 Å². The van der Waals surface area contributed by atoms with Gasteiger partial charge in [-0.3, -0.25) is 14.4 Å². The van der Waals surface area contributed by atoms with Gasteiger partial charge in [-0.05, 0) is 63.1 Å². The van der Waals surface area contributed by atoms with Gasteiger partial charge in [0.2, 0.25) is 11.8 Å². The van der Waals surface area contributed by atoms with Gasteiger partial charge in [0.05, 0.1) is 23.2 Å². The van der Waals surface area contributed by atoms with Crippen LogP contribution in [0.3, 0.4) is 0 Å². The number of aliphatic hydroxyl groups excluding tert-OH is 1. The lowest BCUT2D eigenvalue weighted by atomic mass is 9.66. The molecule has 180 valence electrons. The highest BCUT2D eigenvalue weighted by Crippen LogP contribution is 2.68. The number of hydrogen-bond acceptors (Lipinski definition) is 6. The largest absolute Gasteiger partial charge is 0.466 e. The Morgan fingerprint density at radius 1 is 1.30 bits per heavy atom. The number of likely N-dealkylation sites (tertiary alicyclic amines) is 1. The number of rotatable bonds is 8. The third-order valence-electron chi connectivity index (χ3n) is 7.51. The molecule has 0 radical (unpaired) electrons. The zero-order chi connectivity index (χ0) is 23.9. The molecular weight excluding hydrogens is 440 g/mol. The summed E-state index contributed by atoms with van der Waals surface area (Å²) in [7, 11) is 0. The number of ether oxygens (including phenoxy) is 1. The molecular formula is C25H34N2O5S. The van der Waals surface area contributed by atoms with Gasteiger partial charge in [0.1, 0.15) is 6.04 Å². The zero-order valence-electron chi connectivity index (χ0n) is 19.8. The van der Waals surface area contributed by atoms with Crippen molar-refractivity contribution in [2.45, 2.75) is 63.0 Å². The lowest BCUT2D eigenvalue weighted by Crippen LogP contribution is -2.54. The average molecular weight is 475 g/mol. The van der Waals surface area contributed by atoms with E-state index in [9.17, 15) is 19.5 Å². The summed E-state index contributed by atoms with van der Waals surface area (Å²) in [5, 5.41) is 12.4. The molecule has 3 aliphatic heterocycles. The number of nitrogens with one attached hydrogen (secondary N) is 1. The van der Waals surface area contributed by atoms with E-state index < -0.39 is 22.6 Å². The van der Waals surface area contributed by atoms with Gasteiger partial charge in [0.15, 0.2) is 0 Å². The minimum atomic E-state index is -0.668. The fraction of sp³-hybridized carbons (Fsp3) is 0.640. The van der Waals surface area contributed by atoms with Crippen LogP contribution in [0.1, 0.15) is 44.2 Å². The second-order valence-corrected chi connectivity index (χ2v) is 11.1. The Morgan fingerprint density at radius 2 is 2.06 bits per heavy atom. The maximum absolute atomic E-state index is 13.9. The molecule has 2 amide bonds. The van der Waals surface area contributed by atoms with E-state index in [0.717, 1.165) is 23.2 Å². The predicted octanol–water partition coefficient (Wildman–Crippen LogP) is 2.91. The number of esters is 1. The minimum Gasteiger partial charge on any atom is -0.466 e. The molecule has 2 bridgehead atoms. The SMILES string of the molecule is CCOC(=O)[C@@H]1[C@@H]2CC(C)C3(S2)C(C(=O)Nc2cc(C)ccc2C)N(CCCCO)C(=O)[C@H]13. The molecule has 3 saturated heterocycles. The maximum atomic E-state index is 13.9. The summed E-state index contributed by atoms with van der Waals surface area (Å²) in [6, 6.07) is 5.25. The van der Waals surface area contributed by atoms with E-state index in [4.69, 9.17) is 4.74 Å². The standard InChI is InChI=1S/C25H34N2O5S/c1-5-32-24(31)19-18-13-16(4)25(33-18)20(19)23(30)27(10-6-7-11-28)21(25)22(29)26-17-12-14(2)8-9-15(17)3/h8-9,12,16,18-21,28H,5-7,10-11,13H2,1-4H3,(H,26,29)/t16?,18-,19+,20-,21?,25?/m0/s1. The van der Waals surface area contributed by atoms with Crippen LogP contribution in [0, 0.1) is 31.6 Å². The molecule has 3 heterocycles. The molecule has 3 aliphatic rings. The average Bonchev–Trinajstić information content (AvgIpc) is 3.35. The number of aryl methyl sites for hydroxylation is 2. The highest BCUT2D eigenvalue weighted by Gasteiger charge is 2.76. The van der Waals surface area contributed by atoms with E-state index in [2.05, 4.69) is 12.2 Å².